The molecule has 0 N–H and O–H groups in total. The van der Waals surface area contributed by atoms with E-state index in [0.717, 1.165) is 29.0 Å². The molecule has 2 aromatic heterocycles. The lowest BCUT2D eigenvalue weighted by Crippen LogP contribution is -2.24. The van der Waals surface area contributed by atoms with Crippen molar-refractivity contribution in [1.29, 1.82) is 0 Å². The van der Waals surface area contributed by atoms with E-state index in [1.54, 1.807) is 37.4 Å². The fourth-order valence-electron chi connectivity index (χ4n) is 2.93. The summed E-state index contributed by atoms with van der Waals surface area (Å²) < 4.78 is 10.6. The number of hydrogen-bond acceptors (Lipinski definition) is 7. The van der Waals surface area contributed by atoms with Gasteiger partial charge >= 0.3 is 5.97 Å². The Morgan fingerprint density at radius 1 is 1.17 bits per heavy atom. The molecule has 6 nitrogen and oxygen atoms in total. The van der Waals surface area contributed by atoms with E-state index in [1.165, 1.54) is 11.8 Å². The van der Waals surface area contributed by atoms with Crippen LogP contribution in [0.4, 0.5) is 0 Å². The van der Waals surface area contributed by atoms with Crippen LogP contribution in [0.5, 0.6) is 0 Å². The molecule has 30 heavy (non-hydrogen) atoms. The second-order valence-corrected chi connectivity index (χ2v) is 7.87. The normalized spacial score (nSPS) is 11.9. The van der Waals surface area contributed by atoms with Gasteiger partial charge in [0.2, 0.25) is 5.78 Å². The van der Waals surface area contributed by atoms with Crippen LogP contribution >= 0.6 is 11.8 Å². The molecule has 156 valence electrons. The lowest BCUT2D eigenvalue weighted by atomic mass is 10.0. The third-order valence-corrected chi connectivity index (χ3v) is 5.86. The Bertz CT molecular complexity index is 1020. The molecule has 0 aliphatic rings. The largest absolute Gasteiger partial charge is 0.451 e. The molecule has 0 spiro atoms. The SMILES string of the molecule is CCc1ccc(C(=O)C(C)OC(=O)c2cccnc2SCc2c(C)noc2C)cc1. The number of ketones is 1. The number of nitrogens with zero attached hydrogens (tertiary/aromatic N) is 2. The van der Waals surface area contributed by atoms with Crippen molar-refractivity contribution in [1.82, 2.24) is 10.1 Å². The number of ether oxygens (including phenoxy) is 1. The molecule has 0 aliphatic carbocycles. The van der Waals surface area contributed by atoms with Crippen LogP contribution in [0.25, 0.3) is 0 Å². The van der Waals surface area contributed by atoms with Crippen molar-refractivity contribution in [3.63, 3.8) is 0 Å². The number of rotatable bonds is 8. The summed E-state index contributed by atoms with van der Waals surface area (Å²) >= 11 is 1.40. The smallest absolute Gasteiger partial charge is 0.341 e. The summed E-state index contributed by atoms with van der Waals surface area (Å²) in [5.41, 5.74) is 3.78. The van der Waals surface area contributed by atoms with E-state index in [0.29, 0.717) is 21.9 Å². The minimum absolute atomic E-state index is 0.236. The Morgan fingerprint density at radius 3 is 2.53 bits per heavy atom. The maximum atomic E-state index is 12.7. The van der Waals surface area contributed by atoms with Crippen molar-refractivity contribution >= 4 is 23.5 Å². The summed E-state index contributed by atoms with van der Waals surface area (Å²) in [6, 6.07) is 10.7. The summed E-state index contributed by atoms with van der Waals surface area (Å²) in [7, 11) is 0. The highest BCUT2D eigenvalue weighted by Crippen LogP contribution is 2.27. The first-order valence-corrected chi connectivity index (χ1v) is 10.7. The number of esters is 1. The maximum Gasteiger partial charge on any atom is 0.341 e. The summed E-state index contributed by atoms with van der Waals surface area (Å²) in [6.45, 7) is 7.36. The number of carbonyl (C=O) groups is 2. The van der Waals surface area contributed by atoms with Gasteiger partial charge in [-0.25, -0.2) is 9.78 Å². The zero-order valence-electron chi connectivity index (χ0n) is 17.5. The highest BCUT2D eigenvalue weighted by molar-refractivity contribution is 7.98. The molecule has 0 amide bonds. The number of Topliss-reactive ketones (excluding diaryl/α,β-unsaturated/α-hetero) is 1. The Hall–Kier alpha value is -2.93. The van der Waals surface area contributed by atoms with E-state index in [1.807, 2.05) is 26.0 Å². The minimum atomic E-state index is -0.898. The summed E-state index contributed by atoms with van der Waals surface area (Å²) in [5.74, 6) is 0.500. The average Bonchev–Trinajstić information content (AvgIpc) is 3.09. The maximum absolute atomic E-state index is 12.7. The van der Waals surface area contributed by atoms with Gasteiger partial charge in [-0.2, -0.15) is 0 Å². The van der Waals surface area contributed by atoms with Crippen LogP contribution in [-0.4, -0.2) is 28.0 Å². The topological polar surface area (TPSA) is 82.3 Å². The number of benzene rings is 1. The average molecular weight is 425 g/mol. The lowest BCUT2D eigenvalue weighted by Gasteiger charge is -2.14. The fraction of sp³-hybridized carbons (Fsp3) is 0.304. The molecule has 2 heterocycles. The molecule has 0 fully saturated rings. The van der Waals surface area contributed by atoms with Crippen LogP contribution in [0.2, 0.25) is 0 Å². The molecular weight excluding hydrogens is 400 g/mol. The first-order valence-electron chi connectivity index (χ1n) is 9.74. The number of pyridine rings is 1. The van der Waals surface area contributed by atoms with Crippen molar-refractivity contribution in [2.75, 3.05) is 0 Å². The molecule has 7 heteroatoms. The number of thioether (sulfide) groups is 1. The molecule has 3 rings (SSSR count). The molecular formula is C23H24N2O4S. The van der Waals surface area contributed by atoms with Crippen molar-refractivity contribution in [2.45, 2.75) is 51.0 Å². The van der Waals surface area contributed by atoms with E-state index in [9.17, 15) is 9.59 Å². The van der Waals surface area contributed by atoms with E-state index < -0.39 is 12.1 Å². The van der Waals surface area contributed by atoms with E-state index in [4.69, 9.17) is 9.26 Å². The van der Waals surface area contributed by atoms with Gasteiger partial charge in [0.1, 0.15) is 10.8 Å². The minimum Gasteiger partial charge on any atom is -0.451 e. The van der Waals surface area contributed by atoms with Crippen LogP contribution in [0.3, 0.4) is 0 Å². The predicted octanol–water partition coefficient (Wildman–Crippen LogP) is 4.97. The zero-order valence-corrected chi connectivity index (χ0v) is 18.3. The predicted molar refractivity (Wildman–Crippen MR) is 115 cm³/mol. The Labute approximate surface area is 180 Å². The Kier molecular flexibility index (Phi) is 7.05. The number of aromatic nitrogens is 2. The van der Waals surface area contributed by atoms with E-state index >= 15 is 0 Å². The first kappa shape index (κ1) is 21.8. The van der Waals surface area contributed by atoms with Gasteiger partial charge in [-0.05, 0) is 44.9 Å². The van der Waals surface area contributed by atoms with Crippen LogP contribution in [0, 0.1) is 13.8 Å². The highest BCUT2D eigenvalue weighted by atomic mass is 32.2. The molecule has 1 aromatic carbocycles. The third kappa shape index (κ3) is 4.97. The first-order chi connectivity index (χ1) is 14.4. The summed E-state index contributed by atoms with van der Waals surface area (Å²) in [6.07, 6.45) is 1.62. The monoisotopic (exact) mass is 424 g/mol. The van der Waals surface area contributed by atoms with Gasteiger partial charge in [0, 0.05) is 23.1 Å². The lowest BCUT2D eigenvalue weighted by molar-refractivity contribution is 0.0314. The molecule has 1 unspecified atom stereocenters. The number of carbonyl (C=O) groups excluding carboxylic acids is 2. The fourth-order valence-corrected chi connectivity index (χ4v) is 4.06. The van der Waals surface area contributed by atoms with Crippen LogP contribution in [0.15, 0.2) is 52.1 Å². The van der Waals surface area contributed by atoms with E-state index in [2.05, 4.69) is 17.1 Å². The zero-order chi connectivity index (χ0) is 21.7. The van der Waals surface area contributed by atoms with Gasteiger partial charge in [0.15, 0.2) is 6.10 Å². The van der Waals surface area contributed by atoms with Crippen molar-refractivity contribution < 1.29 is 18.8 Å². The highest BCUT2D eigenvalue weighted by Gasteiger charge is 2.23. The quantitative estimate of drug-likeness (QED) is 0.287. The molecule has 0 saturated carbocycles. The molecule has 3 aromatic rings. The van der Waals surface area contributed by atoms with Gasteiger partial charge in [0.05, 0.1) is 11.3 Å². The van der Waals surface area contributed by atoms with Crippen molar-refractivity contribution in [3.05, 3.63) is 76.3 Å². The Morgan fingerprint density at radius 2 is 1.90 bits per heavy atom. The van der Waals surface area contributed by atoms with Crippen molar-refractivity contribution in [2.24, 2.45) is 0 Å². The second-order valence-electron chi connectivity index (χ2n) is 6.91. The van der Waals surface area contributed by atoms with Gasteiger partial charge in [-0.15, -0.1) is 11.8 Å². The Balaban J connectivity index is 1.69. The summed E-state index contributed by atoms with van der Waals surface area (Å²) in [4.78, 5) is 29.7. The van der Waals surface area contributed by atoms with E-state index in [-0.39, 0.29) is 5.78 Å². The molecule has 0 aliphatic heterocycles. The number of aryl methyl sites for hydroxylation is 3. The standard InChI is InChI=1S/C23H24N2O4S/c1-5-17-8-10-18(11-9-17)21(26)16(4)28-23(27)19-7-6-12-24-22(19)30-13-20-14(2)25-29-15(20)3/h6-12,16H,5,13H2,1-4H3. The van der Waals surface area contributed by atoms with Gasteiger partial charge in [0.25, 0.3) is 0 Å². The second kappa shape index (κ2) is 9.71. The molecule has 1 atom stereocenters. The molecule has 0 bridgehead atoms. The van der Waals surface area contributed by atoms with Gasteiger partial charge in [-0.3, -0.25) is 4.79 Å². The van der Waals surface area contributed by atoms with Gasteiger partial charge < -0.3 is 9.26 Å². The van der Waals surface area contributed by atoms with Crippen LogP contribution in [0.1, 0.15) is 57.1 Å². The van der Waals surface area contributed by atoms with Crippen LogP contribution in [-0.2, 0) is 16.9 Å². The molecule has 0 saturated heterocycles. The van der Waals surface area contributed by atoms with Crippen molar-refractivity contribution in [3.8, 4) is 0 Å². The third-order valence-electron chi connectivity index (χ3n) is 4.83. The number of hydrogen-bond donors (Lipinski definition) is 0. The molecule has 0 radical (unpaired) electrons. The summed E-state index contributed by atoms with van der Waals surface area (Å²) in [5, 5.41) is 4.48. The van der Waals surface area contributed by atoms with Gasteiger partial charge in [-0.1, -0.05) is 36.3 Å². The van der Waals surface area contributed by atoms with Crippen LogP contribution < -0.4 is 0 Å².